The van der Waals surface area contributed by atoms with Crippen LogP contribution in [0.2, 0.25) is 0 Å². The van der Waals surface area contributed by atoms with Crippen molar-refractivity contribution in [2.75, 3.05) is 0 Å². The Morgan fingerprint density at radius 2 is 1.52 bits per heavy atom. The lowest BCUT2D eigenvalue weighted by atomic mass is 10.1. The maximum absolute atomic E-state index is 11.9. The van der Waals surface area contributed by atoms with Crippen LogP contribution in [0.4, 0.5) is 0 Å². The summed E-state index contributed by atoms with van der Waals surface area (Å²) >= 11 is 0. The van der Waals surface area contributed by atoms with Gasteiger partial charge in [-0.2, -0.15) is 0 Å². The zero-order valence-electron chi connectivity index (χ0n) is 11.3. The van der Waals surface area contributed by atoms with Gasteiger partial charge in [0.15, 0.2) is 6.23 Å². The lowest BCUT2D eigenvalue weighted by Crippen LogP contribution is -2.39. The lowest BCUT2D eigenvalue weighted by Gasteiger charge is -2.10. The Balaban J connectivity index is 1.93. The van der Waals surface area contributed by atoms with Gasteiger partial charge < -0.3 is 10.4 Å². The molecule has 0 aliphatic carbocycles. The Kier molecular flexibility index (Phi) is 5.01. The summed E-state index contributed by atoms with van der Waals surface area (Å²) in [6.45, 7) is 0. The van der Waals surface area contributed by atoms with Gasteiger partial charge in [-0.05, 0) is 11.6 Å². The van der Waals surface area contributed by atoms with Crippen LogP contribution in [0.1, 0.15) is 15.9 Å². The second kappa shape index (κ2) is 7.17. The van der Waals surface area contributed by atoms with Gasteiger partial charge in [0, 0.05) is 11.6 Å². The normalized spacial score (nSPS) is 12.0. The quantitative estimate of drug-likeness (QED) is 0.500. The highest BCUT2D eigenvalue weighted by atomic mass is 16.3. The number of hydrogen-bond acceptors (Lipinski definition) is 3. The molecule has 106 valence electrons. The number of amides is 1. The van der Waals surface area contributed by atoms with Crippen LogP contribution < -0.4 is 5.32 Å². The van der Waals surface area contributed by atoms with Gasteiger partial charge in [-0.25, -0.2) is 0 Å². The Morgan fingerprint density at radius 3 is 2.14 bits per heavy atom. The van der Waals surface area contributed by atoms with Crippen molar-refractivity contribution in [3.05, 3.63) is 77.9 Å². The molecule has 2 N–H and O–H groups in total. The number of aliphatic hydroxyl groups excluding tert-OH is 1. The monoisotopic (exact) mass is 281 g/mol. The fraction of sp³-hybridized carbons (Fsp3) is 0.0588. The van der Waals surface area contributed by atoms with Crippen LogP contribution in [0.25, 0.3) is 6.08 Å². The van der Waals surface area contributed by atoms with E-state index in [1.165, 1.54) is 6.08 Å². The van der Waals surface area contributed by atoms with Gasteiger partial charge in [-0.15, -0.1) is 0 Å². The third-order valence-electron chi connectivity index (χ3n) is 2.81. The highest BCUT2D eigenvalue weighted by molar-refractivity contribution is 6.02. The van der Waals surface area contributed by atoms with Gasteiger partial charge in [-0.3, -0.25) is 9.59 Å². The highest BCUT2D eigenvalue weighted by Crippen LogP contribution is 2.03. The van der Waals surface area contributed by atoms with Crippen LogP contribution in [0, 0.1) is 0 Å². The second-order valence-electron chi connectivity index (χ2n) is 4.39. The van der Waals surface area contributed by atoms with Crippen LogP contribution in [0.15, 0.2) is 66.7 Å². The molecular weight excluding hydrogens is 266 g/mol. The number of aliphatic hydroxyl groups is 1. The summed E-state index contributed by atoms with van der Waals surface area (Å²) in [5, 5.41) is 12.0. The Hall–Kier alpha value is -2.72. The maximum Gasteiger partial charge on any atom is 0.246 e. The molecule has 0 saturated carbocycles. The van der Waals surface area contributed by atoms with E-state index in [0.717, 1.165) is 5.56 Å². The summed E-state index contributed by atoms with van der Waals surface area (Å²) in [5.41, 5.74) is 1.20. The third-order valence-corrected chi connectivity index (χ3v) is 2.81. The second-order valence-corrected chi connectivity index (χ2v) is 4.39. The number of ketones is 1. The molecule has 1 atom stereocenters. The standard InChI is InChI=1S/C17H15NO3/c19-15(12-11-13-7-3-1-4-8-13)18-17(21)16(20)14-9-5-2-6-10-14/h1-12,17,21H,(H,18,19)/b12-11+. The first-order valence-corrected chi connectivity index (χ1v) is 6.48. The molecule has 0 heterocycles. The van der Waals surface area contributed by atoms with Crippen LogP contribution in [0.5, 0.6) is 0 Å². The van der Waals surface area contributed by atoms with E-state index in [1.54, 1.807) is 36.4 Å². The molecule has 0 spiro atoms. The van der Waals surface area contributed by atoms with Crippen molar-refractivity contribution in [3.63, 3.8) is 0 Å². The summed E-state index contributed by atoms with van der Waals surface area (Å²) in [6.07, 6.45) is 1.33. The highest BCUT2D eigenvalue weighted by Gasteiger charge is 2.17. The molecule has 0 aromatic heterocycles. The summed E-state index contributed by atoms with van der Waals surface area (Å²) < 4.78 is 0. The van der Waals surface area contributed by atoms with Crippen molar-refractivity contribution in [1.29, 1.82) is 0 Å². The third kappa shape index (κ3) is 4.40. The molecular formula is C17H15NO3. The molecule has 2 rings (SSSR count). The van der Waals surface area contributed by atoms with Gasteiger partial charge in [0.2, 0.25) is 11.7 Å². The zero-order valence-corrected chi connectivity index (χ0v) is 11.3. The minimum absolute atomic E-state index is 0.345. The zero-order chi connectivity index (χ0) is 15.1. The van der Waals surface area contributed by atoms with Crippen molar-refractivity contribution in [2.24, 2.45) is 0 Å². The molecule has 2 aromatic carbocycles. The molecule has 0 aliphatic rings. The largest absolute Gasteiger partial charge is 0.367 e. The number of hydrogen-bond donors (Lipinski definition) is 2. The van der Waals surface area contributed by atoms with Gasteiger partial charge >= 0.3 is 0 Å². The fourth-order valence-corrected chi connectivity index (χ4v) is 1.74. The number of rotatable bonds is 5. The molecule has 0 saturated heterocycles. The lowest BCUT2D eigenvalue weighted by molar-refractivity contribution is -0.118. The molecule has 0 bridgehead atoms. The fourth-order valence-electron chi connectivity index (χ4n) is 1.74. The first-order chi connectivity index (χ1) is 10.2. The van der Waals surface area contributed by atoms with E-state index in [9.17, 15) is 14.7 Å². The van der Waals surface area contributed by atoms with Crippen molar-refractivity contribution in [3.8, 4) is 0 Å². The Bertz CT molecular complexity index is 636. The van der Waals surface area contributed by atoms with Gasteiger partial charge in [0.25, 0.3) is 0 Å². The average molecular weight is 281 g/mol. The predicted octanol–water partition coefficient (Wildman–Crippen LogP) is 2.02. The van der Waals surface area contributed by atoms with Crippen LogP contribution in [-0.2, 0) is 4.79 Å². The molecule has 1 amide bonds. The molecule has 0 radical (unpaired) electrons. The number of Topliss-reactive ketones (excluding diaryl/α,β-unsaturated/α-hetero) is 1. The topological polar surface area (TPSA) is 66.4 Å². The van der Waals surface area contributed by atoms with Gasteiger partial charge in [0.05, 0.1) is 0 Å². The number of carbonyl (C=O) groups excluding carboxylic acids is 2. The van der Waals surface area contributed by atoms with Crippen LogP contribution in [0.3, 0.4) is 0 Å². The first-order valence-electron chi connectivity index (χ1n) is 6.48. The van der Waals surface area contributed by atoms with E-state index >= 15 is 0 Å². The summed E-state index contributed by atoms with van der Waals surface area (Å²) in [7, 11) is 0. The van der Waals surface area contributed by atoms with E-state index in [1.807, 2.05) is 30.3 Å². The molecule has 21 heavy (non-hydrogen) atoms. The van der Waals surface area contributed by atoms with Crippen molar-refractivity contribution < 1.29 is 14.7 Å². The molecule has 4 nitrogen and oxygen atoms in total. The molecule has 4 heteroatoms. The molecule has 1 unspecified atom stereocenters. The first kappa shape index (κ1) is 14.7. The Morgan fingerprint density at radius 1 is 0.952 bits per heavy atom. The predicted molar refractivity (Wildman–Crippen MR) is 80.4 cm³/mol. The number of carbonyl (C=O) groups is 2. The van der Waals surface area contributed by atoms with Crippen LogP contribution >= 0.6 is 0 Å². The SMILES string of the molecule is O=C(/C=C/c1ccccc1)NC(O)C(=O)c1ccccc1. The Labute approximate surface area is 122 Å². The summed E-state index contributed by atoms with van der Waals surface area (Å²) in [4.78, 5) is 23.5. The number of nitrogens with one attached hydrogen (secondary N) is 1. The smallest absolute Gasteiger partial charge is 0.246 e. The molecule has 0 aliphatic heterocycles. The van der Waals surface area contributed by atoms with E-state index in [0.29, 0.717) is 5.56 Å². The molecule has 0 fully saturated rings. The minimum atomic E-state index is -1.56. The van der Waals surface area contributed by atoms with E-state index in [2.05, 4.69) is 5.32 Å². The minimum Gasteiger partial charge on any atom is -0.367 e. The van der Waals surface area contributed by atoms with Gasteiger partial charge in [0.1, 0.15) is 0 Å². The van der Waals surface area contributed by atoms with E-state index in [-0.39, 0.29) is 0 Å². The van der Waals surface area contributed by atoms with Gasteiger partial charge in [-0.1, -0.05) is 60.7 Å². The van der Waals surface area contributed by atoms with Crippen molar-refractivity contribution >= 4 is 17.8 Å². The average Bonchev–Trinajstić information content (AvgIpc) is 2.54. The molecule has 2 aromatic rings. The van der Waals surface area contributed by atoms with E-state index in [4.69, 9.17) is 0 Å². The van der Waals surface area contributed by atoms with Crippen molar-refractivity contribution in [1.82, 2.24) is 5.32 Å². The summed E-state index contributed by atoms with van der Waals surface area (Å²) in [5.74, 6) is -1.08. The van der Waals surface area contributed by atoms with Crippen LogP contribution in [-0.4, -0.2) is 23.0 Å². The summed E-state index contributed by atoms with van der Waals surface area (Å²) in [6, 6.07) is 17.6. The maximum atomic E-state index is 11.9. The number of benzene rings is 2. The van der Waals surface area contributed by atoms with Crippen molar-refractivity contribution in [2.45, 2.75) is 6.23 Å². The van der Waals surface area contributed by atoms with E-state index < -0.39 is 17.9 Å².